The van der Waals surface area contributed by atoms with Crippen molar-refractivity contribution < 1.29 is 9.59 Å². The van der Waals surface area contributed by atoms with Gasteiger partial charge in [0.2, 0.25) is 5.91 Å². The van der Waals surface area contributed by atoms with Crippen molar-refractivity contribution in [3.63, 3.8) is 0 Å². The van der Waals surface area contributed by atoms with E-state index in [1.165, 1.54) is 12.8 Å². The number of hydrogen-bond acceptors (Lipinski definition) is 3. The number of carbonyl (C=O) groups is 2. The number of carbonyl (C=O) groups excluding carboxylic acids is 2. The molecule has 2 heterocycles. The van der Waals surface area contributed by atoms with Crippen molar-refractivity contribution in [1.82, 2.24) is 14.9 Å². The first-order valence-electron chi connectivity index (χ1n) is 11.3. The van der Waals surface area contributed by atoms with Crippen LogP contribution in [0.25, 0.3) is 11.3 Å². The minimum Gasteiger partial charge on any atom is -0.341 e. The number of aromatic nitrogens is 2. The van der Waals surface area contributed by atoms with Gasteiger partial charge < -0.3 is 15.2 Å². The largest absolute Gasteiger partial charge is 0.341 e. The van der Waals surface area contributed by atoms with Crippen molar-refractivity contribution >= 4 is 17.5 Å². The average Bonchev–Trinajstić information content (AvgIpc) is 3.22. The van der Waals surface area contributed by atoms with E-state index in [1.807, 2.05) is 68.4 Å². The first kappa shape index (κ1) is 21.8. The fourth-order valence-corrected chi connectivity index (χ4v) is 4.06. The first-order chi connectivity index (χ1) is 15.5. The molecule has 0 radical (unpaired) electrons. The third-order valence-corrected chi connectivity index (χ3v) is 5.63. The molecule has 3 aromatic rings. The summed E-state index contributed by atoms with van der Waals surface area (Å²) in [5, 5.41) is 5.88. The number of nitrogens with one attached hydrogen (secondary N) is 2. The Morgan fingerprint density at radius 3 is 2.62 bits per heavy atom. The van der Waals surface area contributed by atoms with Crippen LogP contribution >= 0.6 is 0 Å². The van der Waals surface area contributed by atoms with Crippen molar-refractivity contribution in [3.8, 4) is 11.3 Å². The van der Waals surface area contributed by atoms with Crippen LogP contribution in [0, 0.1) is 5.92 Å². The molecule has 6 nitrogen and oxygen atoms in total. The highest BCUT2D eigenvalue weighted by atomic mass is 16.2. The Bertz CT molecular complexity index is 1060. The Balaban J connectivity index is 1.53. The maximum absolute atomic E-state index is 13.2. The van der Waals surface area contributed by atoms with E-state index >= 15 is 0 Å². The molecule has 32 heavy (non-hydrogen) atoms. The van der Waals surface area contributed by atoms with Gasteiger partial charge in [-0.15, -0.1) is 0 Å². The molecular weight excluding hydrogens is 400 g/mol. The van der Waals surface area contributed by atoms with Crippen LogP contribution < -0.4 is 10.6 Å². The van der Waals surface area contributed by atoms with E-state index in [0.29, 0.717) is 12.1 Å². The zero-order valence-electron chi connectivity index (χ0n) is 18.7. The molecule has 2 N–H and O–H groups in total. The van der Waals surface area contributed by atoms with Gasteiger partial charge in [-0.2, -0.15) is 0 Å². The summed E-state index contributed by atoms with van der Waals surface area (Å²) in [6, 6.07) is 16.3. The molecule has 6 heteroatoms. The molecule has 1 aliphatic heterocycles. The quantitative estimate of drug-likeness (QED) is 0.569. The van der Waals surface area contributed by atoms with Crippen molar-refractivity contribution in [1.29, 1.82) is 0 Å². The number of nitrogens with zero attached hydrogens (tertiary/aromatic N) is 2. The van der Waals surface area contributed by atoms with Crippen LogP contribution in [0.15, 0.2) is 60.8 Å². The Kier molecular flexibility index (Phi) is 6.69. The topological polar surface area (TPSA) is 76.0 Å². The fourth-order valence-electron chi connectivity index (χ4n) is 4.06. The van der Waals surface area contributed by atoms with Crippen LogP contribution in [0.2, 0.25) is 0 Å². The Morgan fingerprint density at radius 2 is 1.88 bits per heavy atom. The van der Waals surface area contributed by atoms with E-state index in [2.05, 4.69) is 21.4 Å². The minimum atomic E-state index is -0.758. The van der Waals surface area contributed by atoms with Gasteiger partial charge >= 0.3 is 0 Å². The lowest BCUT2D eigenvalue weighted by molar-refractivity contribution is -0.127. The van der Waals surface area contributed by atoms with E-state index in [1.54, 1.807) is 0 Å². The normalized spacial score (nSPS) is 14.0. The summed E-state index contributed by atoms with van der Waals surface area (Å²) in [6.07, 6.45) is 5.83. The van der Waals surface area contributed by atoms with Crippen molar-refractivity contribution in [2.45, 2.75) is 52.1 Å². The smallest absolute Gasteiger partial charge is 0.251 e. The van der Waals surface area contributed by atoms with Gasteiger partial charge in [-0.3, -0.25) is 9.59 Å². The average molecular weight is 431 g/mol. The third kappa shape index (κ3) is 5.25. The van der Waals surface area contributed by atoms with E-state index < -0.39 is 6.04 Å². The Morgan fingerprint density at radius 1 is 1.06 bits per heavy atom. The Hall–Kier alpha value is -3.41. The van der Waals surface area contributed by atoms with Crippen molar-refractivity contribution in [2.24, 2.45) is 5.92 Å². The molecule has 0 bridgehead atoms. The van der Waals surface area contributed by atoms with E-state index in [9.17, 15) is 9.59 Å². The summed E-state index contributed by atoms with van der Waals surface area (Å²) in [6.45, 7) is 4.97. The second-order valence-electron chi connectivity index (χ2n) is 8.77. The maximum atomic E-state index is 13.2. The molecule has 166 valence electrons. The number of imidazole rings is 1. The number of anilines is 1. The van der Waals surface area contributed by atoms with E-state index in [4.69, 9.17) is 4.98 Å². The highest BCUT2D eigenvalue weighted by molar-refractivity contribution is 5.98. The molecular formula is C26H30N4O2. The van der Waals surface area contributed by atoms with Gasteiger partial charge in [-0.1, -0.05) is 56.3 Å². The molecule has 0 saturated carbocycles. The molecule has 0 aliphatic carbocycles. The lowest BCUT2D eigenvalue weighted by atomic mass is 10.0. The minimum absolute atomic E-state index is 0.138. The monoisotopic (exact) mass is 430 g/mol. The van der Waals surface area contributed by atoms with Gasteiger partial charge in [0.05, 0.1) is 5.69 Å². The van der Waals surface area contributed by atoms with Gasteiger partial charge in [0.15, 0.2) is 0 Å². The van der Waals surface area contributed by atoms with E-state index in [-0.39, 0.29) is 17.7 Å². The molecule has 1 aliphatic rings. The molecule has 2 amide bonds. The molecule has 1 unspecified atom stereocenters. The number of hydrogen-bond donors (Lipinski definition) is 2. The van der Waals surface area contributed by atoms with Gasteiger partial charge in [-0.05, 0) is 36.5 Å². The highest BCUT2D eigenvalue weighted by Crippen LogP contribution is 2.25. The number of amides is 2. The molecule has 1 atom stereocenters. The van der Waals surface area contributed by atoms with Gasteiger partial charge in [-0.25, -0.2) is 4.98 Å². The van der Waals surface area contributed by atoms with Crippen molar-refractivity contribution in [2.75, 3.05) is 5.32 Å². The van der Waals surface area contributed by atoms with Gasteiger partial charge in [0.25, 0.3) is 5.91 Å². The van der Waals surface area contributed by atoms with Crippen LogP contribution in [-0.2, 0) is 22.6 Å². The van der Waals surface area contributed by atoms with Crippen LogP contribution in [0.5, 0.6) is 0 Å². The predicted octanol–water partition coefficient (Wildman–Crippen LogP) is 4.73. The summed E-state index contributed by atoms with van der Waals surface area (Å²) in [4.78, 5) is 30.4. The number of fused-ring (bicyclic) bond motifs is 1. The second kappa shape index (κ2) is 9.81. The molecule has 0 fully saturated rings. The van der Waals surface area contributed by atoms with Crippen LogP contribution in [0.3, 0.4) is 0 Å². The maximum Gasteiger partial charge on any atom is 0.251 e. The zero-order chi connectivity index (χ0) is 22.5. The molecule has 1 aromatic heterocycles. The van der Waals surface area contributed by atoms with Crippen molar-refractivity contribution in [3.05, 3.63) is 72.2 Å². The zero-order valence-corrected chi connectivity index (χ0v) is 18.7. The van der Waals surface area contributed by atoms with Gasteiger partial charge in [0, 0.05) is 36.8 Å². The van der Waals surface area contributed by atoms with Crippen LogP contribution in [-0.4, -0.2) is 21.4 Å². The molecule has 2 aromatic carbocycles. The SMILES string of the molecule is CC(C)CC(=O)NC(C(=O)Nc1cccc(-c2cn3c(n2)CCCC3)c1)c1ccccc1. The van der Waals surface area contributed by atoms with E-state index in [0.717, 1.165) is 35.6 Å². The lowest BCUT2D eigenvalue weighted by Gasteiger charge is -2.20. The first-order valence-corrected chi connectivity index (χ1v) is 11.3. The summed E-state index contributed by atoms with van der Waals surface area (Å²) < 4.78 is 2.22. The number of benzene rings is 2. The fraction of sp³-hybridized carbons (Fsp3) is 0.346. The summed E-state index contributed by atoms with van der Waals surface area (Å²) in [5.74, 6) is 0.931. The third-order valence-electron chi connectivity index (χ3n) is 5.63. The number of aryl methyl sites for hydroxylation is 2. The highest BCUT2D eigenvalue weighted by Gasteiger charge is 2.23. The summed E-state index contributed by atoms with van der Waals surface area (Å²) >= 11 is 0. The standard InChI is InChI=1S/C26H30N4O2/c1-18(2)15-24(31)29-25(19-9-4-3-5-10-19)26(32)27-21-12-8-11-20(16-21)22-17-30-14-7-6-13-23(30)28-22/h3-5,8-12,16-18,25H,6-7,13-15H2,1-2H3,(H,27,32)(H,29,31). The molecule has 0 spiro atoms. The summed E-state index contributed by atoms with van der Waals surface area (Å²) in [7, 11) is 0. The summed E-state index contributed by atoms with van der Waals surface area (Å²) in [5.41, 5.74) is 3.31. The molecule has 0 saturated heterocycles. The molecule has 4 rings (SSSR count). The van der Waals surface area contributed by atoms with Gasteiger partial charge in [0.1, 0.15) is 11.9 Å². The second-order valence-corrected chi connectivity index (χ2v) is 8.77. The van der Waals surface area contributed by atoms with Crippen LogP contribution in [0.4, 0.5) is 5.69 Å². The lowest BCUT2D eigenvalue weighted by Crippen LogP contribution is -2.37. The number of rotatable bonds is 7. The van der Waals surface area contributed by atoms with Crippen LogP contribution in [0.1, 0.15) is 50.5 Å². The Labute approximate surface area is 189 Å². The predicted molar refractivity (Wildman–Crippen MR) is 126 cm³/mol.